The Balaban J connectivity index is 2.30. The van der Waals surface area contributed by atoms with Crippen LogP contribution in [0.25, 0.3) is 0 Å². The van der Waals surface area contributed by atoms with Gasteiger partial charge in [-0.15, -0.1) is 0 Å². The van der Waals surface area contributed by atoms with Crippen molar-refractivity contribution in [2.24, 2.45) is 11.7 Å². The Morgan fingerprint density at radius 1 is 1.05 bits per heavy atom. The summed E-state index contributed by atoms with van der Waals surface area (Å²) in [6, 6.07) is 10.8. The minimum atomic E-state index is 0.834. The zero-order chi connectivity index (χ0) is 14.6. The average molecular weight is 276 g/mol. The van der Waals surface area contributed by atoms with E-state index in [1.807, 2.05) is 0 Å². The molecule has 20 heavy (non-hydrogen) atoms. The summed E-state index contributed by atoms with van der Waals surface area (Å²) in [6.45, 7) is 8.78. The van der Waals surface area contributed by atoms with Crippen LogP contribution in [0.3, 0.4) is 0 Å². The summed E-state index contributed by atoms with van der Waals surface area (Å²) in [4.78, 5) is 2.54. The summed E-state index contributed by atoms with van der Waals surface area (Å²) < 4.78 is 0. The van der Waals surface area contributed by atoms with Gasteiger partial charge in [-0.1, -0.05) is 57.0 Å². The fourth-order valence-electron chi connectivity index (χ4n) is 2.87. The maximum atomic E-state index is 5.71. The largest absolute Gasteiger partial charge is 0.330 e. The Morgan fingerprint density at radius 3 is 2.40 bits per heavy atom. The van der Waals surface area contributed by atoms with E-state index in [1.54, 1.807) is 0 Å². The second kappa shape index (κ2) is 10.9. The van der Waals surface area contributed by atoms with Crippen LogP contribution in [-0.2, 0) is 6.54 Å². The number of nitrogens with two attached hydrogens (primary N) is 1. The van der Waals surface area contributed by atoms with Crippen molar-refractivity contribution in [1.82, 2.24) is 4.90 Å². The first-order valence-electron chi connectivity index (χ1n) is 8.26. The monoisotopic (exact) mass is 276 g/mol. The van der Waals surface area contributed by atoms with Crippen LogP contribution < -0.4 is 5.73 Å². The van der Waals surface area contributed by atoms with Gasteiger partial charge in [-0.25, -0.2) is 0 Å². The third-order valence-corrected chi connectivity index (χ3v) is 4.05. The molecule has 0 spiro atoms. The van der Waals surface area contributed by atoms with Gasteiger partial charge in [0.05, 0.1) is 0 Å². The van der Waals surface area contributed by atoms with Gasteiger partial charge < -0.3 is 5.73 Å². The van der Waals surface area contributed by atoms with E-state index in [0.29, 0.717) is 0 Å². The highest BCUT2D eigenvalue weighted by molar-refractivity contribution is 5.14. The van der Waals surface area contributed by atoms with Crippen molar-refractivity contribution in [1.29, 1.82) is 0 Å². The molecule has 114 valence electrons. The van der Waals surface area contributed by atoms with E-state index in [-0.39, 0.29) is 0 Å². The molecule has 0 aliphatic heterocycles. The van der Waals surface area contributed by atoms with Crippen LogP contribution in [-0.4, -0.2) is 24.5 Å². The SMILES string of the molecule is CCCC(CCN)CCCN(CC)Cc1ccccc1. The van der Waals surface area contributed by atoms with Crippen molar-refractivity contribution in [2.75, 3.05) is 19.6 Å². The molecule has 0 amide bonds. The molecule has 0 radical (unpaired) electrons. The molecule has 0 aliphatic rings. The van der Waals surface area contributed by atoms with Crippen LogP contribution in [0, 0.1) is 5.92 Å². The maximum Gasteiger partial charge on any atom is 0.0233 e. The second-order valence-electron chi connectivity index (χ2n) is 5.73. The molecule has 2 heteroatoms. The van der Waals surface area contributed by atoms with Gasteiger partial charge in [-0.2, -0.15) is 0 Å². The topological polar surface area (TPSA) is 29.3 Å². The summed E-state index contributed by atoms with van der Waals surface area (Å²) >= 11 is 0. The zero-order valence-electron chi connectivity index (χ0n) is 13.4. The molecule has 1 rings (SSSR count). The molecule has 1 atom stereocenters. The summed E-state index contributed by atoms with van der Waals surface area (Å²) in [5.41, 5.74) is 7.13. The van der Waals surface area contributed by atoms with Crippen molar-refractivity contribution in [3.63, 3.8) is 0 Å². The standard InChI is InChI=1S/C18H32N2/c1-3-9-17(13-14-19)12-8-15-20(4-2)16-18-10-6-5-7-11-18/h5-7,10-11,17H,3-4,8-9,12-16,19H2,1-2H3. The predicted molar refractivity (Wildman–Crippen MR) is 88.7 cm³/mol. The first-order chi connectivity index (χ1) is 9.80. The molecule has 2 nitrogen and oxygen atoms in total. The van der Waals surface area contributed by atoms with E-state index >= 15 is 0 Å². The zero-order valence-corrected chi connectivity index (χ0v) is 13.4. The molecule has 0 aliphatic carbocycles. The van der Waals surface area contributed by atoms with E-state index in [4.69, 9.17) is 5.73 Å². The Labute approximate surface area is 125 Å². The fraction of sp³-hybridized carbons (Fsp3) is 0.667. The molecule has 0 bridgehead atoms. The summed E-state index contributed by atoms with van der Waals surface area (Å²) in [5.74, 6) is 0.834. The summed E-state index contributed by atoms with van der Waals surface area (Å²) in [6.07, 6.45) is 6.44. The molecular weight excluding hydrogens is 244 g/mol. The van der Waals surface area contributed by atoms with Gasteiger partial charge in [-0.05, 0) is 50.4 Å². The van der Waals surface area contributed by atoms with Crippen molar-refractivity contribution >= 4 is 0 Å². The van der Waals surface area contributed by atoms with Gasteiger partial charge >= 0.3 is 0 Å². The maximum absolute atomic E-state index is 5.71. The van der Waals surface area contributed by atoms with E-state index in [1.165, 1.54) is 44.2 Å². The van der Waals surface area contributed by atoms with E-state index in [2.05, 4.69) is 49.1 Å². The number of hydrogen-bond acceptors (Lipinski definition) is 2. The third-order valence-electron chi connectivity index (χ3n) is 4.05. The highest BCUT2D eigenvalue weighted by Crippen LogP contribution is 2.17. The Hall–Kier alpha value is -0.860. The predicted octanol–water partition coefficient (Wildman–Crippen LogP) is 4.05. The van der Waals surface area contributed by atoms with Gasteiger partial charge in [0.1, 0.15) is 0 Å². The molecule has 0 saturated heterocycles. The quantitative estimate of drug-likeness (QED) is 0.660. The number of hydrogen-bond donors (Lipinski definition) is 1. The lowest BCUT2D eigenvalue weighted by Crippen LogP contribution is -2.24. The fourth-order valence-corrected chi connectivity index (χ4v) is 2.87. The number of nitrogens with zero attached hydrogens (tertiary/aromatic N) is 1. The Kier molecular flexibility index (Phi) is 9.35. The van der Waals surface area contributed by atoms with Crippen LogP contribution >= 0.6 is 0 Å². The highest BCUT2D eigenvalue weighted by atomic mass is 15.1. The van der Waals surface area contributed by atoms with Gasteiger partial charge in [0.15, 0.2) is 0 Å². The number of rotatable bonds is 11. The molecule has 2 N–H and O–H groups in total. The van der Waals surface area contributed by atoms with Gasteiger partial charge in [0.2, 0.25) is 0 Å². The lowest BCUT2D eigenvalue weighted by Gasteiger charge is -2.22. The molecule has 0 fully saturated rings. The van der Waals surface area contributed by atoms with Crippen molar-refractivity contribution < 1.29 is 0 Å². The lowest BCUT2D eigenvalue weighted by atomic mass is 9.94. The smallest absolute Gasteiger partial charge is 0.0233 e. The molecule has 1 unspecified atom stereocenters. The molecular formula is C18H32N2. The van der Waals surface area contributed by atoms with Gasteiger partial charge in [0, 0.05) is 6.54 Å². The molecule has 1 aromatic rings. The van der Waals surface area contributed by atoms with Gasteiger partial charge in [-0.3, -0.25) is 4.90 Å². The van der Waals surface area contributed by atoms with Crippen molar-refractivity contribution in [2.45, 2.75) is 52.5 Å². The lowest BCUT2D eigenvalue weighted by molar-refractivity contribution is 0.261. The van der Waals surface area contributed by atoms with Crippen molar-refractivity contribution in [3.05, 3.63) is 35.9 Å². The van der Waals surface area contributed by atoms with Crippen molar-refractivity contribution in [3.8, 4) is 0 Å². The minimum Gasteiger partial charge on any atom is -0.330 e. The molecule has 0 saturated carbocycles. The van der Waals surface area contributed by atoms with E-state index in [0.717, 1.165) is 25.6 Å². The van der Waals surface area contributed by atoms with E-state index in [9.17, 15) is 0 Å². The van der Waals surface area contributed by atoms with Gasteiger partial charge in [0.25, 0.3) is 0 Å². The molecule has 1 aromatic carbocycles. The van der Waals surface area contributed by atoms with Crippen LogP contribution in [0.5, 0.6) is 0 Å². The van der Waals surface area contributed by atoms with Crippen LogP contribution in [0.4, 0.5) is 0 Å². The minimum absolute atomic E-state index is 0.834. The van der Waals surface area contributed by atoms with Crippen LogP contribution in [0.1, 0.15) is 51.5 Å². The summed E-state index contributed by atoms with van der Waals surface area (Å²) in [5, 5.41) is 0. The first-order valence-corrected chi connectivity index (χ1v) is 8.26. The van der Waals surface area contributed by atoms with E-state index < -0.39 is 0 Å². The van der Waals surface area contributed by atoms with Crippen LogP contribution in [0.15, 0.2) is 30.3 Å². The third kappa shape index (κ3) is 7.06. The average Bonchev–Trinajstić information content (AvgIpc) is 2.47. The summed E-state index contributed by atoms with van der Waals surface area (Å²) in [7, 11) is 0. The first kappa shape index (κ1) is 17.2. The highest BCUT2D eigenvalue weighted by Gasteiger charge is 2.08. The second-order valence-corrected chi connectivity index (χ2v) is 5.73. The molecule has 0 aromatic heterocycles. The molecule has 0 heterocycles. The number of benzene rings is 1. The Bertz CT molecular complexity index is 317. The Morgan fingerprint density at radius 2 is 1.80 bits per heavy atom. The van der Waals surface area contributed by atoms with Crippen LogP contribution in [0.2, 0.25) is 0 Å². The normalized spacial score (nSPS) is 12.8.